The van der Waals surface area contributed by atoms with Gasteiger partial charge in [0.15, 0.2) is 0 Å². The summed E-state index contributed by atoms with van der Waals surface area (Å²) in [5.41, 5.74) is 2.29. The summed E-state index contributed by atoms with van der Waals surface area (Å²) < 4.78 is 13.2. The van der Waals surface area contributed by atoms with Gasteiger partial charge >= 0.3 is 6.03 Å². The molecule has 3 N–H and O–H groups in total. The van der Waals surface area contributed by atoms with E-state index in [1.165, 1.54) is 49.6 Å². The van der Waals surface area contributed by atoms with E-state index in [1.54, 1.807) is 6.07 Å². The van der Waals surface area contributed by atoms with E-state index >= 15 is 0 Å². The Balaban J connectivity index is 1.49. The van der Waals surface area contributed by atoms with E-state index < -0.39 is 18.0 Å². The van der Waals surface area contributed by atoms with Crippen molar-refractivity contribution in [1.82, 2.24) is 5.32 Å². The van der Waals surface area contributed by atoms with Gasteiger partial charge in [-0.3, -0.25) is 0 Å². The molecule has 3 rings (SSSR count). The van der Waals surface area contributed by atoms with E-state index in [9.17, 15) is 14.3 Å². The molecule has 1 heterocycles. The van der Waals surface area contributed by atoms with Crippen LogP contribution in [0.4, 0.5) is 20.6 Å². The minimum Gasteiger partial charge on any atom is -0.387 e. The third-order valence-electron chi connectivity index (χ3n) is 4.79. The number of rotatable bonds is 5. The number of hydrogen-bond donors (Lipinski definition) is 3. The van der Waals surface area contributed by atoms with Crippen molar-refractivity contribution in [2.75, 3.05) is 29.9 Å². The second kappa shape index (κ2) is 9.37. The second-order valence-corrected chi connectivity index (χ2v) is 6.85. The Labute approximate surface area is 159 Å². The zero-order valence-corrected chi connectivity index (χ0v) is 15.3. The van der Waals surface area contributed by atoms with Gasteiger partial charge in [0, 0.05) is 31.0 Å². The van der Waals surface area contributed by atoms with Gasteiger partial charge in [-0.05, 0) is 54.8 Å². The first-order chi connectivity index (χ1) is 13.1. The van der Waals surface area contributed by atoms with E-state index in [0.29, 0.717) is 11.3 Å². The van der Waals surface area contributed by atoms with Gasteiger partial charge in [0.25, 0.3) is 0 Å². The number of aliphatic hydroxyl groups is 1. The van der Waals surface area contributed by atoms with E-state index in [2.05, 4.69) is 15.5 Å². The maximum Gasteiger partial charge on any atom is 0.319 e. The monoisotopic (exact) mass is 371 g/mol. The zero-order chi connectivity index (χ0) is 19.1. The van der Waals surface area contributed by atoms with Crippen LogP contribution in [0, 0.1) is 5.82 Å². The summed E-state index contributed by atoms with van der Waals surface area (Å²) >= 11 is 0. The smallest absolute Gasteiger partial charge is 0.319 e. The van der Waals surface area contributed by atoms with Crippen LogP contribution in [0.25, 0.3) is 0 Å². The predicted octanol–water partition coefficient (Wildman–Crippen LogP) is 4.06. The fourth-order valence-corrected chi connectivity index (χ4v) is 3.28. The Bertz CT molecular complexity index is 743. The Hall–Kier alpha value is -2.60. The number of nitrogens with one attached hydrogen (secondary N) is 2. The lowest BCUT2D eigenvalue weighted by Crippen LogP contribution is -2.32. The van der Waals surface area contributed by atoms with Crippen molar-refractivity contribution in [3.05, 3.63) is 59.9 Å². The Morgan fingerprint density at radius 1 is 1.07 bits per heavy atom. The minimum atomic E-state index is -0.961. The van der Waals surface area contributed by atoms with Crippen LogP contribution in [0.1, 0.15) is 37.4 Å². The molecule has 0 aliphatic carbocycles. The second-order valence-electron chi connectivity index (χ2n) is 6.85. The number of carbonyl (C=O) groups excluding carboxylic acids is 1. The van der Waals surface area contributed by atoms with E-state index in [-0.39, 0.29) is 6.54 Å². The van der Waals surface area contributed by atoms with Gasteiger partial charge in [0.05, 0.1) is 6.10 Å². The van der Waals surface area contributed by atoms with Gasteiger partial charge < -0.3 is 20.6 Å². The molecule has 2 aromatic rings. The third-order valence-corrected chi connectivity index (χ3v) is 4.79. The number of aliphatic hydroxyl groups excluding tert-OH is 1. The highest BCUT2D eigenvalue weighted by atomic mass is 19.1. The van der Waals surface area contributed by atoms with Crippen molar-refractivity contribution in [2.45, 2.75) is 31.8 Å². The van der Waals surface area contributed by atoms with Crippen molar-refractivity contribution in [2.24, 2.45) is 0 Å². The molecule has 1 fully saturated rings. The average molecular weight is 371 g/mol. The highest BCUT2D eigenvalue weighted by Crippen LogP contribution is 2.21. The van der Waals surface area contributed by atoms with Gasteiger partial charge in [0.1, 0.15) is 5.82 Å². The zero-order valence-electron chi connectivity index (χ0n) is 15.3. The predicted molar refractivity (Wildman–Crippen MR) is 106 cm³/mol. The van der Waals surface area contributed by atoms with Gasteiger partial charge in [0.2, 0.25) is 0 Å². The molecule has 0 aromatic heterocycles. The Morgan fingerprint density at radius 2 is 1.78 bits per heavy atom. The molecule has 0 bridgehead atoms. The van der Waals surface area contributed by atoms with Crippen LogP contribution in [0.2, 0.25) is 0 Å². The SMILES string of the molecule is O=C(NCC(O)c1cccc(F)c1)Nc1ccc(N2CCCCCC2)cc1. The molecule has 2 amide bonds. The summed E-state index contributed by atoms with van der Waals surface area (Å²) in [5, 5.41) is 15.4. The van der Waals surface area contributed by atoms with Gasteiger partial charge in [-0.1, -0.05) is 25.0 Å². The van der Waals surface area contributed by atoms with Gasteiger partial charge in [-0.15, -0.1) is 0 Å². The van der Waals surface area contributed by atoms with Crippen LogP contribution >= 0.6 is 0 Å². The lowest BCUT2D eigenvalue weighted by atomic mass is 10.1. The summed E-state index contributed by atoms with van der Waals surface area (Å²) in [6, 6.07) is 13.1. The number of anilines is 2. The molecule has 1 aliphatic rings. The molecule has 6 heteroatoms. The van der Waals surface area contributed by atoms with Crippen molar-refractivity contribution in [3.8, 4) is 0 Å². The highest BCUT2D eigenvalue weighted by Gasteiger charge is 2.12. The Morgan fingerprint density at radius 3 is 2.44 bits per heavy atom. The first-order valence-electron chi connectivity index (χ1n) is 9.45. The first-order valence-corrected chi connectivity index (χ1v) is 9.45. The summed E-state index contributed by atoms with van der Waals surface area (Å²) in [6.45, 7) is 2.15. The molecular weight excluding hydrogens is 345 g/mol. The fourth-order valence-electron chi connectivity index (χ4n) is 3.28. The molecule has 27 heavy (non-hydrogen) atoms. The number of benzene rings is 2. The normalized spacial score (nSPS) is 15.7. The molecule has 1 atom stereocenters. The number of hydrogen-bond acceptors (Lipinski definition) is 3. The number of halogens is 1. The third kappa shape index (κ3) is 5.69. The maximum absolute atomic E-state index is 13.2. The molecule has 2 aromatic carbocycles. The number of carbonyl (C=O) groups is 1. The van der Waals surface area contributed by atoms with Crippen LogP contribution in [-0.2, 0) is 0 Å². The van der Waals surface area contributed by atoms with Crippen LogP contribution in [-0.4, -0.2) is 30.8 Å². The summed E-state index contributed by atoms with van der Waals surface area (Å²) in [5.74, 6) is -0.416. The van der Waals surface area contributed by atoms with Crippen LogP contribution < -0.4 is 15.5 Å². The van der Waals surface area contributed by atoms with Crippen molar-refractivity contribution >= 4 is 17.4 Å². The lowest BCUT2D eigenvalue weighted by molar-refractivity contribution is 0.174. The average Bonchev–Trinajstić information content (AvgIpc) is 2.96. The highest BCUT2D eigenvalue weighted by molar-refractivity contribution is 5.89. The summed E-state index contributed by atoms with van der Waals surface area (Å²) in [4.78, 5) is 14.4. The molecule has 1 unspecified atom stereocenters. The van der Waals surface area contributed by atoms with Crippen molar-refractivity contribution in [3.63, 3.8) is 0 Å². The van der Waals surface area contributed by atoms with Crippen LogP contribution in [0.3, 0.4) is 0 Å². The van der Waals surface area contributed by atoms with Crippen LogP contribution in [0.5, 0.6) is 0 Å². The molecule has 0 spiro atoms. The van der Waals surface area contributed by atoms with Crippen molar-refractivity contribution < 1.29 is 14.3 Å². The fraction of sp³-hybridized carbons (Fsp3) is 0.381. The van der Waals surface area contributed by atoms with Gasteiger partial charge in [-0.2, -0.15) is 0 Å². The van der Waals surface area contributed by atoms with Crippen LogP contribution in [0.15, 0.2) is 48.5 Å². The molecule has 5 nitrogen and oxygen atoms in total. The summed E-state index contributed by atoms with van der Waals surface area (Å²) in [7, 11) is 0. The molecule has 144 valence electrons. The summed E-state index contributed by atoms with van der Waals surface area (Å²) in [6.07, 6.45) is 4.05. The van der Waals surface area contributed by atoms with E-state index in [0.717, 1.165) is 13.1 Å². The topological polar surface area (TPSA) is 64.6 Å². The number of urea groups is 1. The lowest BCUT2D eigenvalue weighted by Gasteiger charge is -2.22. The maximum atomic E-state index is 13.2. The number of amides is 2. The Kier molecular flexibility index (Phi) is 6.65. The molecule has 1 saturated heterocycles. The minimum absolute atomic E-state index is 0.00114. The molecular formula is C21H26FN3O2. The van der Waals surface area contributed by atoms with E-state index in [1.807, 2.05) is 24.3 Å². The standard InChI is InChI=1S/C21H26FN3O2/c22-17-7-5-6-16(14-17)20(26)15-23-21(27)24-18-8-10-19(11-9-18)25-12-3-1-2-4-13-25/h5-11,14,20,26H,1-4,12-13,15H2,(H2,23,24,27). The first kappa shape index (κ1) is 19.2. The quantitative estimate of drug-likeness (QED) is 0.743. The van der Waals surface area contributed by atoms with E-state index in [4.69, 9.17) is 0 Å². The number of nitrogens with zero attached hydrogens (tertiary/aromatic N) is 1. The molecule has 1 aliphatic heterocycles. The molecule has 0 radical (unpaired) electrons. The van der Waals surface area contributed by atoms with Gasteiger partial charge in [-0.25, -0.2) is 9.18 Å². The van der Waals surface area contributed by atoms with Crippen molar-refractivity contribution in [1.29, 1.82) is 0 Å². The molecule has 0 saturated carbocycles. The largest absolute Gasteiger partial charge is 0.387 e.